The number of carbonyl (C=O) groups excluding carboxylic acids is 1. The largest absolute Gasteiger partial charge is 0.349 e. The molecule has 3 heterocycles. The first-order valence-electron chi connectivity index (χ1n) is 11.1. The van der Waals surface area contributed by atoms with Gasteiger partial charge in [0.05, 0.1) is 0 Å². The van der Waals surface area contributed by atoms with Gasteiger partial charge in [-0.1, -0.05) is 26.2 Å². The maximum absolute atomic E-state index is 12.9. The average Bonchev–Trinajstić information content (AvgIpc) is 3.14. The summed E-state index contributed by atoms with van der Waals surface area (Å²) in [4.78, 5) is 15.5. The number of hydrogen-bond acceptors (Lipinski definition) is 4. The summed E-state index contributed by atoms with van der Waals surface area (Å²) < 4.78 is 29.0. The second kappa shape index (κ2) is 10.1. The number of rotatable bonds is 8. The Hall–Kier alpha value is -1.38. The third kappa shape index (κ3) is 5.41. The van der Waals surface area contributed by atoms with Crippen LogP contribution in [0.5, 0.6) is 0 Å². The summed E-state index contributed by atoms with van der Waals surface area (Å²) >= 11 is 0. The van der Waals surface area contributed by atoms with E-state index in [4.69, 9.17) is 0 Å². The smallest absolute Gasteiger partial charge is 0.267 e. The highest BCUT2D eigenvalue weighted by Gasteiger charge is 2.29. The van der Waals surface area contributed by atoms with E-state index >= 15 is 0 Å². The van der Waals surface area contributed by atoms with Crippen LogP contribution >= 0.6 is 0 Å². The number of aryl methyl sites for hydroxylation is 1. The van der Waals surface area contributed by atoms with Gasteiger partial charge in [-0.05, 0) is 51.3 Å². The first kappa shape index (κ1) is 22.3. The van der Waals surface area contributed by atoms with Crippen LogP contribution in [-0.4, -0.2) is 66.9 Å². The fourth-order valence-electron chi connectivity index (χ4n) is 4.40. The van der Waals surface area contributed by atoms with Crippen molar-refractivity contribution in [2.45, 2.75) is 69.2 Å². The number of likely N-dealkylation sites (tertiary alicyclic amines) is 1. The molecule has 164 valence electrons. The lowest BCUT2D eigenvalue weighted by atomic mass is 10.0. The Morgan fingerprint density at radius 2 is 1.86 bits per heavy atom. The first-order valence-corrected chi connectivity index (χ1v) is 12.6. The maximum Gasteiger partial charge on any atom is 0.267 e. The number of nitrogens with zero attached hydrogens (tertiary/aromatic N) is 3. The van der Waals surface area contributed by atoms with Gasteiger partial charge < -0.3 is 9.88 Å². The average molecular weight is 425 g/mol. The zero-order chi connectivity index (χ0) is 20.9. The summed E-state index contributed by atoms with van der Waals surface area (Å²) in [5, 5.41) is 3.05. The molecule has 0 aliphatic carbocycles. The lowest BCUT2D eigenvalue weighted by Crippen LogP contribution is -2.47. The quantitative estimate of drug-likeness (QED) is 0.696. The standard InChI is InChI=1S/C21H36N4O3S/c1-3-4-11-24-12-9-6-10-18(24)16-22-21(26)20-15-19(17-23(20)2)29(27,28)25-13-7-5-8-14-25/h15,17-18H,3-14,16H2,1-2H3,(H,22,26). The molecule has 2 aliphatic heterocycles. The van der Waals surface area contributed by atoms with E-state index in [1.165, 1.54) is 31.7 Å². The van der Waals surface area contributed by atoms with Crippen LogP contribution in [0.2, 0.25) is 0 Å². The minimum Gasteiger partial charge on any atom is -0.349 e. The van der Waals surface area contributed by atoms with Gasteiger partial charge in [0.15, 0.2) is 0 Å². The van der Waals surface area contributed by atoms with E-state index in [1.54, 1.807) is 22.1 Å². The minimum absolute atomic E-state index is 0.200. The molecule has 2 fully saturated rings. The van der Waals surface area contributed by atoms with Gasteiger partial charge in [-0.25, -0.2) is 8.42 Å². The van der Waals surface area contributed by atoms with Crippen molar-refractivity contribution in [2.24, 2.45) is 7.05 Å². The SMILES string of the molecule is CCCCN1CCCCC1CNC(=O)c1cc(S(=O)(=O)N2CCCCC2)cn1C. The van der Waals surface area contributed by atoms with Crippen LogP contribution in [-0.2, 0) is 17.1 Å². The van der Waals surface area contributed by atoms with Crippen molar-refractivity contribution < 1.29 is 13.2 Å². The molecule has 29 heavy (non-hydrogen) atoms. The molecule has 0 spiro atoms. The van der Waals surface area contributed by atoms with Crippen molar-refractivity contribution in [3.63, 3.8) is 0 Å². The predicted molar refractivity (Wildman–Crippen MR) is 114 cm³/mol. The van der Waals surface area contributed by atoms with Crippen LogP contribution in [0.1, 0.15) is 68.8 Å². The normalized spacial score (nSPS) is 21.9. The van der Waals surface area contributed by atoms with Gasteiger partial charge in [0.2, 0.25) is 10.0 Å². The summed E-state index contributed by atoms with van der Waals surface area (Å²) in [7, 11) is -1.79. The molecule has 0 aromatic carbocycles. The van der Waals surface area contributed by atoms with Crippen LogP contribution in [0.4, 0.5) is 0 Å². The molecule has 1 amide bonds. The van der Waals surface area contributed by atoms with E-state index in [2.05, 4.69) is 17.1 Å². The maximum atomic E-state index is 12.9. The van der Waals surface area contributed by atoms with Gasteiger partial charge in [0, 0.05) is 38.9 Å². The molecule has 1 unspecified atom stereocenters. The fourth-order valence-corrected chi connectivity index (χ4v) is 5.99. The highest BCUT2D eigenvalue weighted by atomic mass is 32.2. The Balaban J connectivity index is 1.64. The number of carbonyl (C=O) groups is 1. The van der Waals surface area contributed by atoms with Gasteiger partial charge >= 0.3 is 0 Å². The molecule has 2 aliphatic rings. The lowest BCUT2D eigenvalue weighted by Gasteiger charge is -2.35. The summed E-state index contributed by atoms with van der Waals surface area (Å²) in [6, 6.07) is 1.89. The highest BCUT2D eigenvalue weighted by Crippen LogP contribution is 2.22. The predicted octanol–water partition coefficient (Wildman–Crippen LogP) is 2.58. The summed E-state index contributed by atoms with van der Waals surface area (Å²) in [6.07, 6.45) is 10.3. The molecule has 1 atom stereocenters. The number of aromatic nitrogens is 1. The number of sulfonamides is 1. The summed E-state index contributed by atoms with van der Waals surface area (Å²) in [6.45, 7) is 6.12. The van der Waals surface area contributed by atoms with Crippen LogP contribution in [0.3, 0.4) is 0 Å². The molecule has 8 heteroatoms. The zero-order valence-corrected chi connectivity index (χ0v) is 18.7. The lowest BCUT2D eigenvalue weighted by molar-refractivity contribution is 0.0905. The van der Waals surface area contributed by atoms with Crippen LogP contribution in [0.25, 0.3) is 0 Å². The number of nitrogens with one attached hydrogen (secondary N) is 1. The van der Waals surface area contributed by atoms with Gasteiger partial charge in [0.1, 0.15) is 10.6 Å². The Bertz CT molecular complexity index is 784. The van der Waals surface area contributed by atoms with Gasteiger partial charge in [-0.3, -0.25) is 9.69 Å². The van der Waals surface area contributed by atoms with Gasteiger partial charge in [-0.2, -0.15) is 4.31 Å². The molecular weight excluding hydrogens is 388 g/mol. The highest BCUT2D eigenvalue weighted by molar-refractivity contribution is 7.89. The van der Waals surface area contributed by atoms with Crippen molar-refractivity contribution in [1.82, 2.24) is 19.1 Å². The van der Waals surface area contributed by atoms with E-state index < -0.39 is 10.0 Å². The molecule has 1 N–H and O–H groups in total. The summed E-state index contributed by atoms with van der Waals surface area (Å²) in [5.41, 5.74) is 0.400. The van der Waals surface area contributed by atoms with Crippen molar-refractivity contribution >= 4 is 15.9 Å². The van der Waals surface area contributed by atoms with E-state index in [1.807, 2.05) is 0 Å². The monoisotopic (exact) mass is 424 g/mol. The second-order valence-electron chi connectivity index (χ2n) is 8.39. The molecule has 1 aromatic heterocycles. The molecular formula is C21H36N4O3S. The zero-order valence-electron chi connectivity index (χ0n) is 17.9. The second-order valence-corrected chi connectivity index (χ2v) is 10.3. The van der Waals surface area contributed by atoms with E-state index in [-0.39, 0.29) is 10.8 Å². The number of unbranched alkanes of at least 4 members (excludes halogenated alkanes) is 1. The Kier molecular flexibility index (Phi) is 7.76. The Morgan fingerprint density at radius 1 is 1.14 bits per heavy atom. The minimum atomic E-state index is -3.53. The molecule has 0 saturated carbocycles. The van der Waals surface area contributed by atoms with Crippen LogP contribution in [0.15, 0.2) is 17.2 Å². The molecule has 7 nitrogen and oxygen atoms in total. The number of piperidine rings is 2. The van der Waals surface area contributed by atoms with Crippen molar-refractivity contribution in [3.05, 3.63) is 18.0 Å². The molecule has 2 saturated heterocycles. The Labute approximate surface area is 175 Å². The summed E-state index contributed by atoms with van der Waals surface area (Å²) in [5.74, 6) is -0.200. The van der Waals surface area contributed by atoms with Gasteiger partial charge in [-0.15, -0.1) is 0 Å². The van der Waals surface area contributed by atoms with Crippen molar-refractivity contribution in [2.75, 3.05) is 32.7 Å². The topological polar surface area (TPSA) is 74.7 Å². The third-order valence-corrected chi connectivity index (χ3v) is 8.08. The molecule has 0 bridgehead atoms. The van der Waals surface area contributed by atoms with E-state index in [0.29, 0.717) is 31.4 Å². The van der Waals surface area contributed by atoms with E-state index in [9.17, 15) is 13.2 Å². The van der Waals surface area contributed by atoms with Gasteiger partial charge in [0.25, 0.3) is 5.91 Å². The van der Waals surface area contributed by atoms with Crippen LogP contribution < -0.4 is 5.32 Å². The number of amides is 1. The third-order valence-electron chi connectivity index (χ3n) is 6.21. The first-order chi connectivity index (χ1) is 13.9. The van der Waals surface area contributed by atoms with Crippen LogP contribution in [0, 0.1) is 0 Å². The van der Waals surface area contributed by atoms with E-state index in [0.717, 1.165) is 38.8 Å². The molecule has 1 aromatic rings. The Morgan fingerprint density at radius 3 is 2.59 bits per heavy atom. The fraction of sp³-hybridized carbons (Fsp3) is 0.762. The molecule has 0 radical (unpaired) electrons. The van der Waals surface area contributed by atoms with Crippen molar-refractivity contribution in [3.8, 4) is 0 Å². The number of hydrogen-bond donors (Lipinski definition) is 1. The molecule has 3 rings (SSSR count). The van der Waals surface area contributed by atoms with Crippen molar-refractivity contribution in [1.29, 1.82) is 0 Å².